The van der Waals surface area contributed by atoms with E-state index in [2.05, 4.69) is 4.98 Å². The lowest BCUT2D eigenvalue weighted by Crippen LogP contribution is -2.04. The Hall–Kier alpha value is -2.95. The second kappa shape index (κ2) is 7.12. The van der Waals surface area contributed by atoms with Crippen LogP contribution in [0.3, 0.4) is 0 Å². The summed E-state index contributed by atoms with van der Waals surface area (Å²) in [6.45, 7) is 1.76. The lowest BCUT2D eigenvalue weighted by molar-refractivity contribution is -0.137. The highest BCUT2D eigenvalue weighted by Gasteiger charge is 2.30. The Kier molecular flexibility index (Phi) is 4.89. The van der Waals surface area contributed by atoms with Crippen LogP contribution in [0.4, 0.5) is 13.2 Å². The number of benzene rings is 2. The fourth-order valence-corrected chi connectivity index (χ4v) is 2.68. The van der Waals surface area contributed by atoms with E-state index in [0.717, 1.165) is 17.7 Å². The van der Waals surface area contributed by atoms with Gasteiger partial charge < -0.3 is 0 Å². The fraction of sp³-hybridized carbons (Fsp3) is 0.143. The summed E-state index contributed by atoms with van der Waals surface area (Å²) in [6.07, 6.45) is -4.04. The summed E-state index contributed by atoms with van der Waals surface area (Å²) < 4.78 is 38.4. The molecule has 0 atom stereocenters. The third-order valence-electron chi connectivity index (χ3n) is 4.07. The van der Waals surface area contributed by atoms with Gasteiger partial charge in [-0.25, -0.2) is 4.98 Å². The molecule has 0 aliphatic heterocycles. The first-order valence-electron chi connectivity index (χ1n) is 8.17. The Balaban J connectivity index is 2.13. The number of ketones is 1. The third kappa shape index (κ3) is 3.67. The van der Waals surface area contributed by atoms with Gasteiger partial charge in [-0.1, -0.05) is 49.4 Å². The van der Waals surface area contributed by atoms with E-state index in [-0.39, 0.29) is 5.78 Å². The molecule has 1 heterocycles. The molecule has 3 aromatic rings. The zero-order valence-electron chi connectivity index (χ0n) is 14.0. The Morgan fingerprint density at radius 3 is 2.12 bits per heavy atom. The Morgan fingerprint density at radius 2 is 1.54 bits per heavy atom. The maximum atomic E-state index is 12.8. The smallest absolute Gasteiger partial charge is 0.292 e. The minimum absolute atomic E-state index is 0.0823. The lowest BCUT2D eigenvalue weighted by atomic mass is 9.97. The molecule has 0 saturated carbocycles. The van der Waals surface area contributed by atoms with Crippen LogP contribution in [-0.4, -0.2) is 10.8 Å². The minimum atomic E-state index is -4.38. The van der Waals surface area contributed by atoms with E-state index in [1.165, 1.54) is 12.1 Å². The molecule has 0 aliphatic carbocycles. The molecule has 3 rings (SSSR count). The van der Waals surface area contributed by atoms with Gasteiger partial charge in [0.05, 0.1) is 11.3 Å². The van der Waals surface area contributed by atoms with Crippen molar-refractivity contribution in [2.45, 2.75) is 19.5 Å². The highest BCUT2D eigenvalue weighted by atomic mass is 19.4. The maximum Gasteiger partial charge on any atom is 0.416 e. The average molecular weight is 355 g/mol. The number of nitrogens with zero attached hydrogens (tertiary/aromatic N) is 1. The van der Waals surface area contributed by atoms with Crippen molar-refractivity contribution in [3.05, 3.63) is 78.0 Å². The molecule has 0 saturated heterocycles. The number of hydrogen-bond donors (Lipinski definition) is 0. The highest BCUT2D eigenvalue weighted by molar-refractivity contribution is 5.95. The van der Waals surface area contributed by atoms with Crippen molar-refractivity contribution in [2.24, 2.45) is 0 Å². The van der Waals surface area contributed by atoms with Crippen molar-refractivity contribution in [1.82, 2.24) is 4.98 Å². The Bertz CT molecular complexity index is 916. The van der Waals surface area contributed by atoms with Crippen LogP contribution in [0.2, 0.25) is 0 Å². The van der Waals surface area contributed by atoms with E-state index >= 15 is 0 Å². The SMILES string of the molecule is CCC(=O)c1ccc(-c2ccc(C(F)(F)F)cc2)c(-c2ccccc2)n1. The van der Waals surface area contributed by atoms with Gasteiger partial charge in [-0.05, 0) is 29.8 Å². The van der Waals surface area contributed by atoms with Gasteiger partial charge >= 0.3 is 6.18 Å². The molecule has 0 unspecified atom stereocenters. The molecular weight excluding hydrogens is 339 g/mol. The lowest BCUT2D eigenvalue weighted by Gasteiger charge is -2.12. The molecule has 2 nitrogen and oxygen atoms in total. The first-order valence-corrected chi connectivity index (χ1v) is 8.17. The number of halogens is 3. The molecule has 0 N–H and O–H groups in total. The van der Waals surface area contributed by atoms with Crippen molar-refractivity contribution in [2.75, 3.05) is 0 Å². The molecule has 0 radical (unpaired) electrons. The average Bonchev–Trinajstić information content (AvgIpc) is 2.67. The summed E-state index contributed by atoms with van der Waals surface area (Å²) in [4.78, 5) is 16.5. The van der Waals surface area contributed by atoms with Gasteiger partial charge in [0.15, 0.2) is 5.78 Å². The molecular formula is C21H16F3NO. The molecule has 0 bridgehead atoms. The number of carbonyl (C=O) groups is 1. The normalized spacial score (nSPS) is 11.4. The zero-order chi connectivity index (χ0) is 18.7. The van der Waals surface area contributed by atoms with Gasteiger partial charge in [-0.3, -0.25) is 4.79 Å². The van der Waals surface area contributed by atoms with Crippen molar-refractivity contribution >= 4 is 5.78 Å². The van der Waals surface area contributed by atoms with Crippen LogP contribution in [0.1, 0.15) is 29.4 Å². The van der Waals surface area contributed by atoms with Gasteiger partial charge in [-0.15, -0.1) is 0 Å². The van der Waals surface area contributed by atoms with Crippen LogP contribution < -0.4 is 0 Å². The summed E-state index contributed by atoms with van der Waals surface area (Å²) in [5.41, 5.74) is 2.31. The van der Waals surface area contributed by atoms with Crippen LogP contribution in [0.15, 0.2) is 66.7 Å². The Labute approximate surface area is 149 Å². The first kappa shape index (κ1) is 17.9. The van der Waals surface area contributed by atoms with Gasteiger partial charge in [-0.2, -0.15) is 13.2 Å². The molecule has 5 heteroatoms. The largest absolute Gasteiger partial charge is 0.416 e. The predicted octanol–water partition coefficient (Wildman–Crippen LogP) is 6.03. The quantitative estimate of drug-likeness (QED) is 0.535. The van der Waals surface area contributed by atoms with Crippen molar-refractivity contribution < 1.29 is 18.0 Å². The second-order valence-electron chi connectivity index (χ2n) is 5.81. The molecule has 0 spiro atoms. The van der Waals surface area contributed by atoms with Crippen molar-refractivity contribution in [1.29, 1.82) is 0 Å². The zero-order valence-corrected chi connectivity index (χ0v) is 14.0. The summed E-state index contributed by atoms with van der Waals surface area (Å²) in [5.74, 6) is -0.0823. The summed E-state index contributed by atoms with van der Waals surface area (Å²) in [7, 11) is 0. The fourth-order valence-electron chi connectivity index (χ4n) is 2.68. The molecule has 132 valence electrons. The van der Waals surface area contributed by atoms with Gasteiger partial charge in [0.2, 0.25) is 0 Å². The van der Waals surface area contributed by atoms with E-state index < -0.39 is 11.7 Å². The highest BCUT2D eigenvalue weighted by Crippen LogP contribution is 2.34. The topological polar surface area (TPSA) is 30.0 Å². The van der Waals surface area contributed by atoms with Crippen LogP contribution in [0.25, 0.3) is 22.4 Å². The van der Waals surface area contributed by atoms with E-state index in [0.29, 0.717) is 28.9 Å². The van der Waals surface area contributed by atoms with Gasteiger partial charge in [0.1, 0.15) is 5.69 Å². The van der Waals surface area contributed by atoms with Gasteiger partial charge in [0, 0.05) is 17.5 Å². The van der Waals surface area contributed by atoms with E-state index in [9.17, 15) is 18.0 Å². The maximum absolute atomic E-state index is 12.8. The number of Topliss-reactive ketones (excluding diaryl/α,β-unsaturated/α-hetero) is 1. The Morgan fingerprint density at radius 1 is 0.885 bits per heavy atom. The number of rotatable bonds is 4. The van der Waals surface area contributed by atoms with Crippen molar-refractivity contribution in [3.63, 3.8) is 0 Å². The summed E-state index contributed by atoms with van der Waals surface area (Å²) in [5, 5.41) is 0. The van der Waals surface area contributed by atoms with Gasteiger partial charge in [0.25, 0.3) is 0 Å². The second-order valence-corrected chi connectivity index (χ2v) is 5.81. The predicted molar refractivity (Wildman–Crippen MR) is 94.7 cm³/mol. The first-order chi connectivity index (χ1) is 12.4. The van der Waals surface area contributed by atoms with Crippen LogP contribution in [-0.2, 0) is 6.18 Å². The minimum Gasteiger partial charge on any atom is -0.292 e. The molecule has 0 fully saturated rings. The number of pyridine rings is 1. The number of alkyl halides is 3. The van der Waals surface area contributed by atoms with Crippen LogP contribution in [0.5, 0.6) is 0 Å². The van der Waals surface area contributed by atoms with Crippen LogP contribution in [0, 0.1) is 0 Å². The number of hydrogen-bond acceptors (Lipinski definition) is 2. The molecule has 2 aromatic carbocycles. The monoisotopic (exact) mass is 355 g/mol. The van der Waals surface area contributed by atoms with Crippen molar-refractivity contribution in [3.8, 4) is 22.4 Å². The van der Waals surface area contributed by atoms with E-state index in [4.69, 9.17) is 0 Å². The molecule has 0 aliphatic rings. The summed E-state index contributed by atoms with van der Waals surface area (Å²) >= 11 is 0. The molecule has 1 aromatic heterocycles. The molecule has 26 heavy (non-hydrogen) atoms. The summed E-state index contributed by atoms with van der Waals surface area (Å²) in [6, 6.07) is 17.6. The van der Waals surface area contributed by atoms with E-state index in [1.54, 1.807) is 19.1 Å². The van der Waals surface area contributed by atoms with E-state index in [1.807, 2.05) is 30.3 Å². The number of carbonyl (C=O) groups excluding carboxylic acids is 1. The third-order valence-corrected chi connectivity index (χ3v) is 4.07. The standard InChI is InChI=1S/C21H16F3NO/c1-2-19(26)18-13-12-17(20(25-18)15-6-4-3-5-7-15)14-8-10-16(11-9-14)21(22,23)24/h3-13H,2H2,1H3. The molecule has 0 amide bonds. The van der Waals surface area contributed by atoms with Crippen LogP contribution >= 0.6 is 0 Å². The number of aromatic nitrogens is 1.